The fourth-order valence-corrected chi connectivity index (χ4v) is 3.04. The number of fused-ring (bicyclic) bond motifs is 1. The van der Waals surface area contributed by atoms with Gasteiger partial charge < -0.3 is 10.1 Å². The van der Waals surface area contributed by atoms with Gasteiger partial charge in [0.05, 0.1) is 28.3 Å². The minimum absolute atomic E-state index is 0.120. The number of carbonyl (C=O) groups excluding carboxylic acids is 3. The Hall–Kier alpha value is -2.57. The van der Waals surface area contributed by atoms with Crippen molar-refractivity contribution in [1.29, 1.82) is 0 Å². The van der Waals surface area contributed by atoms with Gasteiger partial charge in [-0.15, -0.1) is 0 Å². The van der Waals surface area contributed by atoms with Crippen molar-refractivity contribution in [2.75, 3.05) is 19.0 Å². The molecule has 0 saturated heterocycles. The van der Waals surface area contributed by atoms with Gasteiger partial charge in [0.15, 0.2) is 0 Å². The molecule has 0 unspecified atom stereocenters. The minimum Gasteiger partial charge on any atom is -0.495 e. The van der Waals surface area contributed by atoms with Crippen LogP contribution in [0.5, 0.6) is 5.75 Å². The lowest BCUT2D eigenvalue weighted by Crippen LogP contribution is -2.37. The number of hydrogen-bond donors (Lipinski definition) is 1. The standard InChI is InChI=1S/C17H12Cl2N2O4/c1-25-13-6-5-9(7-12(13)19)20-14(22)8-21-16(23)10-3-2-4-11(18)15(10)17(21)24/h2-7H,8H2,1H3,(H,20,22). The van der Waals surface area contributed by atoms with Gasteiger partial charge in [-0.1, -0.05) is 29.3 Å². The van der Waals surface area contributed by atoms with Crippen LogP contribution in [0.25, 0.3) is 0 Å². The molecule has 1 aliphatic rings. The molecule has 0 fully saturated rings. The molecule has 0 radical (unpaired) electrons. The maximum Gasteiger partial charge on any atom is 0.263 e. The molecule has 3 rings (SSSR count). The summed E-state index contributed by atoms with van der Waals surface area (Å²) in [6.45, 7) is -0.424. The molecule has 2 aromatic rings. The third kappa shape index (κ3) is 3.18. The summed E-state index contributed by atoms with van der Waals surface area (Å²) in [6, 6.07) is 9.31. The Morgan fingerprint density at radius 2 is 1.88 bits per heavy atom. The van der Waals surface area contributed by atoms with E-state index in [0.717, 1.165) is 4.90 Å². The maximum absolute atomic E-state index is 12.4. The van der Waals surface area contributed by atoms with Crippen LogP contribution in [-0.4, -0.2) is 36.3 Å². The molecule has 3 amide bonds. The number of nitrogens with zero attached hydrogens (tertiary/aromatic N) is 1. The summed E-state index contributed by atoms with van der Waals surface area (Å²) in [5.41, 5.74) is 0.734. The fourth-order valence-electron chi connectivity index (χ4n) is 2.52. The van der Waals surface area contributed by atoms with Crippen LogP contribution >= 0.6 is 23.2 Å². The van der Waals surface area contributed by atoms with Crippen molar-refractivity contribution in [2.45, 2.75) is 0 Å². The zero-order chi connectivity index (χ0) is 18.1. The molecule has 6 nitrogen and oxygen atoms in total. The number of halogens is 2. The van der Waals surface area contributed by atoms with Gasteiger partial charge in [0.25, 0.3) is 11.8 Å². The van der Waals surface area contributed by atoms with E-state index in [1.807, 2.05) is 0 Å². The second kappa shape index (κ2) is 6.74. The van der Waals surface area contributed by atoms with Crippen molar-refractivity contribution in [3.05, 3.63) is 57.6 Å². The van der Waals surface area contributed by atoms with Crippen LogP contribution in [0.15, 0.2) is 36.4 Å². The molecular weight excluding hydrogens is 367 g/mol. The van der Waals surface area contributed by atoms with Crippen LogP contribution in [0, 0.1) is 0 Å². The first-order valence-electron chi connectivity index (χ1n) is 7.20. The highest BCUT2D eigenvalue weighted by Crippen LogP contribution is 2.29. The zero-order valence-corrected chi connectivity index (χ0v) is 14.5. The van der Waals surface area contributed by atoms with E-state index >= 15 is 0 Å². The molecule has 0 atom stereocenters. The quantitative estimate of drug-likeness (QED) is 0.828. The summed E-state index contributed by atoms with van der Waals surface area (Å²) < 4.78 is 5.03. The first-order valence-corrected chi connectivity index (χ1v) is 7.96. The Kier molecular flexibility index (Phi) is 4.65. The van der Waals surface area contributed by atoms with Gasteiger partial charge in [-0.05, 0) is 30.3 Å². The normalized spacial score (nSPS) is 13.0. The highest BCUT2D eigenvalue weighted by molar-refractivity contribution is 6.37. The summed E-state index contributed by atoms with van der Waals surface area (Å²) in [5.74, 6) is -1.21. The number of imide groups is 1. The van der Waals surface area contributed by atoms with E-state index in [1.54, 1.807) is 18.2 Å². The molecule has 0 saturated carbocycles. The van der Waals surface area contributed by atoms with E-state index in [0.29, 0.717) is 16.5 Å². The summed E-state index contributed by atoms with van der Waals surface area (Å²) in [7, 11) is 1.48. The Bertz CT molecular complexity index is 898. The number of methoxy groups -OCH3 is 1. The van der Waals surface area contributed by atoms with Gasteiger partial charge in [0.1, 0.15) is 12.3 Å². The summed E-state index contributed by atoms with van der Waals surface area (Å²) in [4.78, 5) is 37.7. The number of carbonyl (C=O) groups is 3. The Labute approximate surface area is 153 Å². The van der Waals surface area contributed by atoms with Crippen LogP contribution in [0.4, 0.5) is 5.69 Å². The molecule has 1 N–H and O–H groups in total. The number of hydrogen-bond acceptors (Lipinski definition) is 4. The largest absolute Gasteiger partial charge is 0.495 e. The summed E-state index contributed by atoms with van der Waals surface area (Å²) in [5, 5.41) is 3.09. The second-order valence-corrected chi connectivity index (χ2v) is 6.07. The summed E-state index contributed by atoms with van der Waals surface area (Å²) in [6.07, 6.45) is 0. The first-order chi connectivity index (χ1) is 11.9. The van der Waals surface area contributed by atoms with Gasteiger partial charge >= 0.3 is 0 Å². The van der Waals surface area contributed by atoms with Gasteiger partial charge in [-0.2, -0.15) is 0 Å². The minimum atomic E-state index is -0.589. The zero-order valence-electron chi connectivity index (χ0n) is 13.0. The predicted molar refractivity (Wildman–Crippen MR) is 93.5 cm³/mol. The number of nitrogens with one attached hydrogen (secondary N) is 1. The van der Waals surface area contributed by atoms with Crippen molar-refractivity contribution in [2.24, 2.45) is 0 Å². The molecule has 0 bridgehead atoms. The van der Waals surface area contributed by atoms with Gasteiger partial charge in [0, 0.05) is 5.69 Å². The molecule has 0 spiro atoms. The van der Waals surface area contributed by atoms with Crippen LogP contribution in [0.1, 0.15) is 20.7 Å². The number of anilines is 1. The molecule has 25 heavy (non-hydrogen) atoms. The third-order valence-corrected chi connectivity index (χ3v) is 4.30. The van der Waals surface area contributed by atoms with E-state index in [-0.39, 0.29) is 16.1 Å². The topological polar surface area (TPSA) is 75.7 Å². The Morgan fingerprint density at radius 3 is 2.52 bits per heavy atom. The van der Waals surface area contributed by atoms with E-state index in [2.05, 4.69) is 5.32 Å². The third-order valence-electron chi connectivity index (χ3n) is 3.69. The molecule has 1 heterocycles. The van der Waals surface area contributed by atoms with Crippen molar-refractivity contribution in [3.63, 3.8) is 0 Å². The molecule has 1 aliphatic heterocycles. The maximum atomic E-state index is 12.4. The highest BCUT2D eigenvalue weighted by Gasteiger charge is 2.38. The number of amides is 3. The monoisotopic (exact) mass is 378 g/mol. The van der Waals surface area contributed by atoms with E-state index < -0.39 is 24.3 Å². The number of benzene rings is 2. The van der Waals surface area contributed by atoms with Crippen molar-refractivity contribution in [1.82, 2.24) is 4.90 Å². The average molecular weight is 379 g/mol. The summed E-state index contributed by atoms with van der Waals surface area (Å²) >= 11 is 12.0. The van der Waals surface area contributed by atoms with Crippen LogP contribution in [0.2, 0.25) is 10.0 Å². The number of rotatable bonds is 4. The Balaban J connectivity index is 1.74. The van der Waals surface area contributed by atoms with Crippen molar-refractivity contribution >= 4 is 46.6 Å². The first kappa shape index (κ1) is 17.3. The van der Waals surface area contributed by atoms with Crippen molar-refractivity contribution in [3.8, 4) is 5.75 Å². The van der Waals surface area contributed by atoms with Crippen LogP contribution in [0.3, 0.4) is 0 Å². The van der Waals surface area contributed by atoms with Crippen LogP contribution < -0.4 is 10.1 Å². The lowest BCUT2D eigenvalue weighted by molar-refractivity contribution is -0.116. The second-order valence-electron chi connectivity index (χ2n) is 5.26. The molecule has 128 valence electrons. The van der Waals surface area contributed by atoms with E-state index in [9.17, 15) is 14.4 Å². The molecule has 8 heteroatoms. The molecule has 0 aliphatic carbocycles. The molecule has 0 aromatic heterocycles. The van der Waals surface area contributed by atoms with Crippen molar-refractivity contribution < 1.29 is 19.1 Å². The van der Waals surface area contributed by atoms with E-state index in [4.69, 9.17) is 27.9 Å². The van der Waals surface area contributed by atoms with Crippen LogP contribution in [-0.2, 0) is 4.79 Å². The molecular formula is C17H12Cl2N2O4. The van der Waals surface area contributed by atoms with Gasteiger partial charge in [-0.3, -0.25) is 19.3 Å². The molecule has 2 aromatic carbocycles. The predicted octanol–water partition coefficient (Wildman–Crippen LogP) is 3.24. The lowest BCUT2D eigenvalue weighted by Gasteiger charge is -2.14. The SMILES string of the molecule is COc1ccc(NC(=O)CN2C(=O)c3cccc(Cl)c3C2=O)cc1Cl. The van der Waals surface area contributed by atoms with Gasteiger partial charge in [0.2, 0.25) is 5.91 Å². The highest BCUT2D eigenvalue weighted by atomic mass is 35.5. The fraction of sp³-hybridized carbons (Fsp3) is 0.118. The van der Waals surface area contributed by atoms with Gasteiger partial charge in [-0.25, -0.2) is 0 Å². The average Bonchev–Trinajstić information content (AvgIpc) is 2.81. The Morgan fingerprint density at radius 1 is 1.12 bits per heavy atom. The lowest BCUT2D eigenvalue weighted by atomic mass is 10.1. The van der Waals surface area contributed by atoms with E-state index in [1.165, 1.54) is 25.3 Å². The number of ether oxygens (including phenoxy) is 1. The smallest absolute Gasteiger partial charge is 0.263 e.